The Hall–Kier alpha value is -2.15. The van der Waals surface area contributed by atoms with Crippen LogP contribution in [0.5, 0.6) is 0 Å². The molecule has 7 nitrogen and oxygen atoms in total. The first-order valence-electron chi connectivity index (χ1n) is 9.07. The summed E-state index contributed by atoms with van der Waals surface area (Å²) >= 11 is 0. The molecule has 0 saturated heterocycles. The lowest BCUT2D eigenvalue weighted by atomic mass is 9.78. The molecule has 7 heteroatoms. The first-order valence-corrected chi connectivity index (χ1v) is 9.07. The molecule has 0 aromatic carbocycles. The van der Waals surface area contributed by atoms with Crippen molar-refractivity contribution in [2.75, 3.05) is 17.6 Å². The molecule has 0 spiro atoms. The normalized spacial score (nSPS) is 24.0. The second-order valence-corrected chi connectivity index (χ2v) is 7.90. The Bertz CT molecular complexity index is 772. The number of aryl methyl sites for hydroxylation is 2. The topological polar surface area (TPSA) is 108 Å². The van der Waals surface area contributed by atoms with Crippen molar-refractivity contribution in [3.05, 3.63) is 29.2 Å². The Morgan fingerprint density at radius 3 is 2.60 bits per heavy atom. The van der Waals surface area contributed by atoms with Gasteiger partial charge in [-0.15, -0.1) is 0 Å². The van der Waals surface area contributed by atoms with Crippen LogP contribution in [0.3, 0.4) is 0 Å². The Balaban J connectivity index is 1.41. The van der Waals surface area contributed by atoms with E-state index in [0.29, 0.717) is 17.9 Å². The van der Waals surface area contributed by atoms with Gasteiger partial charge in [0.15, 0.2) is 0 Å². The quantitative estimate of drug-likeness (QED) is 0.741. The van der Waals surface area contributed by atoms with Gasteiger partial charge in [0.25, 0.3) is 0 Å². The molecule has 25 heavy (non-hydrogen) atoms. The third kappa shape index (κ3) is 3.46. The Kier molecular flexibility index (Phi) is 3.91. The minimum atomic E-state index is 0.266. The van der Waals surface area contributed by atoms with Crippen molar-refractivity contribution in [3.63, 3.8) is 0 Å². The molecule has 0 radical (unpaired) electrons. The van der Waals surface area contributed by atoms with Crippen LogP contribution in [0.1, 0.15) is 48.7 Å². The zero-order valence-corrected chi connectivity index (χ0v) is 15.0. The van der Waals surface area contributed by atoms with E-state index in [-0.39, 0.29) is 5.41 Å². The van der Waals surface area contributed by atoms with Gasteiger partial charge >= 0.3 is 0 Å². The summed E-state index contributed by atoms with van der Waals surface area (Å²) in [5.74, 6) is 1.58. The first kappa shape index (κ1) is 16.3. The number of nitrogens with two attached hydrogens (primary N) is 2. The van der Waals surface area contributed by atoms with Gasteiger partial charge in [-0.2, -0.15) is 10.1 Å². The SMILES string of the molecule is Cc1cc(C)n(CC2(CNc3cc(C4CC(N)C4)nc(N)n3)CC2)n1. The second-order valence-electron chi connectivity index (χ2n) is 7.90. The first-order chi connectivity index (χ1) is 11.9. The van der Waals surface area contributed by atoms with Crippen molar-refractivity contribution >= 4 is 11.8 Å². The van der Waals surface area contributed by atoms with Gasteiger partial charge in [0.2, 0.25) is 5.95 Å². The summed E-state index contributed by atoms with van der Waals surface area (Å²) in [6.07, 6.45) is 4.39. The third-order valence-electron chi connectivity index (χ3n) is 5.55. The van der Waals surface area contributed by atoms with Crippen LogP contribution < -0.4 is 16.8 Å². The van der Waals surface area contributed by atoms with Crippen molar-refractivity contribution in [3.8, 4) is 0 Å². The summed E-state index contributed by atoms with van der Waals surface area (Å²) in [6, 6.07) is 4.46. The van der Waals surface area contributed by atoms with Gasteiger partial charge in [-0.1, -0.05) is 0 Å². The van der Waals surface area contributed by atoms with E-state index in [9.17, 15) is 0 Å². The van der Waals surface area contributed by atoms with Crippen LogP contribution in [-0.4, -0.2) is 32.3 Å². The number of hydrogen-bond acceptors (Lipinski definition) is 6. The second kappa shape index (κ2) is 5.98. The fourth-order valence-electron chi connectivity index (χ4n) is 3.69. The van der Waals surface area contributed by atoms with Crippen molar-refractivity contribution < 1.29 is 0 Å². The Morgan fingerprint density at radius 2 is 2.00 bits per heavy atom. The zero-order valence-electron chi connectivity index (χ0n) is 15.0. The molecule has 2 saturated carbocycles. The maximum atomic E-state index is 5.90. The van der Waals surface area contributed by atoms with Crippen molar-refractivity contribution in [1.29, 1.82) is 0 Å². The predicted molar refractivity (Wildman–Crippen MR) is 98.3 cm³/mol. The molecule has 2 fully saturated rings. The summed E-state index contributed by atoms with van der Waals surface area (Å²) in [5.41, 5.74) is 15.4. The molecular formula is C18H27N7. The average molecular weight is 341 g/mol. The van der Waals surface area contributed by atoms with E-state index in [2.05, 4.69) is 38.1 Å². The Morgan fingerprint density at radius 1 is 1.24 bits per heavy atom. The highest BCUT2D eigenvalue weighted by Crippen LogP contribution is 2.47. The van der Waals surface area contributed by atoms with Crippen LogP contribution >= 0.6 is 0 Å². The molecule has 2 aromatic rings. The van der Waals surface area contributed by atoms with Gasteiger partial charge in [0.05, 0.1) is 11.4 Å². The van der Waals surface area contributed by atoms with E-state index < -0.39 is 0 Å². The largest absolute Gasteiger partial charge is 0.369 e. The molecule has 0 atom stereocenters. The lowest BCUT2D eigenvalue weighted by Crippen LogP contribution is -2.35. The van der Waals surface area contributed by atoms with Crippen LogP contribution in [0, 0.1) is 19.3 Å². The van der Waals surface area contributed by atoms with Gasteiger partial charge < -0.3 is 16.8 Å². The van der Waals surface area contributed by atoms with Gasteiger partial charge in [0, 0.05) is 42.2 Å². The predicted octanol–water partition coefficient (Wildman–Crippen LogP) is 1.97. The summed E-state index contributed by atoms with van der Waals surface area (Å²) in [4.78, 5) is 8.74. The maximum Gasteiger partial charge on any atom is 0.222 e. The monoisotopic (exact) mass is 341 g/mol. The van der Waals surface area contributed by atoms with E-state index >= 15 is 0 Å². The third-order valence-corrected chi connectivity index (χ3v) is 5.55. The zero-order chi connectivity index (χ0) is 17.6. The van der Waals surface area contributed by atoms with Crippen LogP contribution in [0.25, 0.3) is 0 Å². The molecule has 2 heterocycles. The maximum absolute atomic E-state index is 5.90. The fourth-order valence-corrected chi connectivity index (χ4v) is 3.69. The molecule has 0 unspecified atom stereocenters. The highest BCUT2D eigenvalue weighted by Gasteiger charge is 2.43. The van der Waals surface area contributed by atoms with Crippen molar-refractivity contribution in [1.82, 2.24) is 19.7 Å². The van der Waals surface area contributed by atoms with Gasteiger partial charge in [-0.05, 0) is 45.6 Å². The molecule has 134 valence electrons. The van der Waals surface area contributed by atoms with Gasteiger partial charge in [-0.3, -0.25) is 4.68 Å². The Labute approximate surface area is 148 Å². The van der Waals surface area contributed by atoms with E-state index in [1.807, 2.05) is 13.0 Å². The molecule has 0 amide bonds. The molecule has 2 aliphatic rings. The summed E-state index contributed by atoms with van der Waals surface area (Å²) < 4.78 is 2.12. The standard InChI is InChI=1S/C18H27N7/c1-11-5-12(2)25(24-11)10-18(3-4-18)9-21-16-8-15(22-17(20)23-16)13-6-14(19)7-13/h5,8,13-14H,3-4,6-7,9-10,19H2,1-2H3,(H3,20,21,22,23). The van der Waals surface area contributed by atoms with Crippen LogP contribution in [0.4, 0.5) is 11.8 Å². The molecule has 0 aliphatic heterocycles. The number of nitrogens with one attached hydrogen (secondary N) is 1. The van der Waals surface area contributed by atoms with Crippen LogP contribution in [0.15, 0.2) is 12.1 Å². The molecule has 5 N–H and O–H groups in total. The highest BCUT2D eigenvalue weighted by molar-refractivity contribution is 5.42. The van der Waals surface area contributed by atoms with E-state index in [4.69, 9.17) is 11.5 Å². The number of nitrogen functional groups attached to an aromatic ring is 1. The number of nitrogens with zero attached hydrogens (tertiary/aromatic N) is 4. The highest BCUT2D eigenvalue weighted by atomic mass is 15.3. The van der Waals surface area contributed by atoms with Gasteiger partial charge in [0.1, 0.15) is 5.82 Å². The van der Waals surface area contributed by atoms with Crippen LogP contribution in [0.2, 0.25) is 0 Å². The lowest BCUT2D eigenvalue weighted by Gasteiger charge is -2.32. The fraction of sp³-hybridized carbons (Fsp3) is 0.611. The van der Waals surface area contributed by atoms with E-state index in [1.54, 1.807) is 0 Å². The van der Waals surface area contributed by atoms with E-state index in [1.165, 1.54) is 18.5 Å². The lowest BCUT2D eigenvalue weighted by molar-refractivity contribution is 0.345. The molecule has 2 aliphatic carbocycles. The molecular weight excluding hydrogens is 314 g/mol. The van der Waals surface area contributed by atoms with Crippen molar-refractivity contribution in [2.45, 2.75) is 58.0 Å². The minimum Gasteiger partial charge on any atom is -0.369 e. The summed E-state index contributed by atoms with van der Waals surface area (Å²) in [6.45, 7) is 5.99. The van der Waals surface area contributed by atoms with Crippen LogP contribution in [-0.2, 0) is 6.54 Å². The summed E-state index contributed by atoms with van der Waals surface area (Å²) in [7, 11) is 0. The smallest absolute Gasteiger partial charge is 0.222 e. The number of rotatable bonds is 6. The van der Waals surface area contributed by atoms with Crippen molar-refractivity contribution in [2.24, 2.45) is 11.1 Å². The minimum absolute atomic E-state index is 0.266. The number of hydrogen-bond donors (Lipinski definition) is 3. The molecule has 2 aromatic heterocycles. The average Bonchev–Trinajstić information content (AvgIpc) is 3.21. The number of anilines is 2. The molecule has 0 bridgehead atoms. The van der Waals surface area contributed by atoms with Gasteiger partial charge in [-0.25, -0.2) is 4.98 Å². The summed E-state index contributed by atoms with van der Waals surface area (Å²) in [5, 5.41) is 8.08. The number of aromatic nitrogens is 4. The van der Waals surface area contributed by atoms with E-state index in [0.717, 1.165) is 43.1 Å². The molecule has 4 rings (SSSR count).